The fourth-order valence-corrected chi connectivity index (χ4v) is 1.51. The number of hydrogen-bond donors (Lipinski definition) is 3. The van der Waals surface area contributed by atoms with E-state index in [9.17, 15) is 14.4 Å². The van der Waals surface area contributed by atoms with Gasteiger partial charge in [0.05, 0.1) is 13.2 Å². The van der Waals surface area contributed by atoms with Crippen LogP contribution in [-0.2, 0) is 19.1 Å². The van der Waals surface area contributed by atoms with Crippen molar-refractivity contribution in [2.75, 3.05) is 26.4 Å². The van der Waals surface area contributed by atoms with Gasteiger partial charge in [0.2, 0.25) is 0 Å². The first-order valence-corrected chi connectivity index (χ1v) is 5.53. The number of ether oxygens (including phenoxy) is 2. The number of carbonyl (C=O) groups excluding carboxylic acids is 2. The predicted octanol–water partition coefficient (Wildman–Crippen LogP) is -0.908. The molecule has 3 N–H and O–H groups in total. The summed E-state index contributed by atoms with van der Waals surface area (Å²) in [4.78, 5) is 33.5. The van der Waals surface area contributed by atoms with Crippen LogP contribution in [0.5, 0.6) is 0 Å². The molecular weight excluding hydrogens is 244 g/mol. The van der Waals surface area contributed by atoms with Crippen molar-refractivity contribution in [3.05, 3.63) is 0 Å². The molecule has 1 heterocycles. The van der Waals surface area contributed by atoms with E-state index in [1.807, 2.05) is 0 Å². The topological polar surface area (TPSA) is 114 Å². The molecule has 0 aromatic carbocycles. The first kappa shape index (κ1) is 14.2. The second-order valence-corrected chi connectivity index (χ2v) is 3.80. The molecule has 0 saturated carbocycles. The third-order valence-electron chi connectivity index (χ3n) is 2.48. The Morgan fingerprint density at radius 3 is 2.67 bits per heavy atom. The normalized spacial score (nSPS) is 22.3. The molecule has 102 valence electrons. The molecule has 1 aliphatic rings. The zero-order valence-electron chi connectivity index (χ0n) is 10.0. The van der Waals surface area contributed by atoms with Crippen molar-refractivity contribution < 1.29 is 29.0 Å². The van der Waals surface area contributed by atoms with Crippen molar-refractivity contribution in [3.8, 4) is 0 Å². The highest BCUT2D eigenvalue weighted by molar-refractivity contribution is 5.88. The quantitative estimate of drug-likeness (QED) is 0.551. The third kappa shape index (κ3) is 3.59. The van der Waals surface area contributed by atoms with Crippen LogP contribution in [0.2, 0.25) is 0 Å². The maximum Gasteiger partial charge on any atom is 0.332 e. The van der Waals surface area contributed by atoms with Crippen molar-refractivity contribution in [1.82, 2.24) is 10.6 Å². The maximum absolute atomic E-state index is 11.5. The number of nitrogens with one attached hydrogen (secondary N) is 2. The molecule has 0 aromatic heterocycles. The van der Waals surface area contributed by atoms with Crippen LogP contribution in [0, 0.1) is 0 Å². The van der Waals surface area contributed by atoms with Gasteiger partial charge in [-0.1, -0.05) is 0 Å². The van der Waals surface area contributed by atoms with Gasteiger partial charge >= 0.3 is 18.0 Å². The van der Waals surface area contributed by atoms with E-state index in [0.29, 0.717) is 0 Å². The molecule has 1 aliphatic heterocycles. The smallest absolute Gasteiger partial charge is 0.332 e. The van der Waals surface area contributed by atoms with Gasteiger partial charge in [0, 0.05) is 13.0 Å². The third-order valence-corrected chi connectivity index (χ3v) is 2.48. The SMILES string of the molecule is CCOC(=O)CNC(=O)NC1(C(=O)O)CCOC1. The highest BCUT2D eigenvalue weighted by atomic mass is 16.5. The fourth-order valence-electron chi connectivity index (χ4n) is 1.51. The number of carboxylic acids is 1. The predicted molar refractivity (Wildman–Crippen MR) is 59.0 cm³/mol. The summed E-state index contributed by atoms with van der Waals surface area (Å²) >= 11 is 0. The van der Waals surface area contributed by atoms with Gasteiger partial charge in [-0.05, 0) is 6.92 Å². The number of rotatable bonds is 5. The number of carbonyl (C=O) groups is 3. The van der Waals surface area contributed by atoms with Crippen molar-refractivity contribution >= 4 is 18.0 Å². The summed E-state index contributed by atoms with van der Waals surface area (Å²) in [6.07, 6.45) is 0.190. The number of esters is 1. The number of aliphatic carboxylic acids is 1. The Hall–Kier alpha value is -1.83. The van der Waals surface area contributed by atoms with Gasteiger partial charge in [0.25, 0.3) is 0 Å². The summed E-state index contributed by atoms with van der Waals surface area (Å²) in [5, 5.41) is 13.6. The number of carboxylic acid groups (broad SMARTS) is 1. The van der Waals surface area contributed by atoms with Crippen LogP contribution in [0.3, 0.4) is 0 Å². The summed E-state index contributed by atoms with van der Waals surface area (Å²) in [7, 11) is 0. The summed E-state index contributed by atoms with van der Waals surface area (Å²) in [5.74, 6) is -1.74. The molecule has 1 unspecified atom stereocenters. The zero-order chi connectivity index (χ0) is 13.6. The Kier molecular flexibility index (Phi) is 4.90. The molecule has 0 aliphatic carbocycles. The Bertz CT molecular complexity index is 337. The fraction of sp³-hybridized carbons (Fsp3) is 0.700. The molecular formula is C10H16N2O6. The summed E-state index contributed by atoms with van der Waals surface area (Å²) in [5.41, 5.74) is -1.42. The highest BCUT2D eigenvalue weighted by Gasteiger charge is 2.44. The Morgan fingerprint density at radius 1 is 1.44 bits per heavy atom. The van der Waals surface area contributed by atoms with E-state index in [1.165, 1.54) is 0 Å². The first-order valence-electron chi connectivity index (χ1n) is 5.53. The van der Waals surface area contributed by atoms with Crippen LogP contribution in [0.4, 0.5) is 4.79 Å². The minimum atomic E-state index is -1.42. The van der Waals surface area contributed by atoms with E-state index in [0.717, 1.165) is 0 Å². The van der Waals surface area contributed by atoms with Gasteiger partial charge < -0.3 is 25.2 Å². The van der Waals surface area contributed by atoms with Crippen molar-refractivity contribution in [2.45, 2.75) is 18.9 Å². The van der Waals surface area contributed by atoms with E-state index in [-0.39, 0.29) is 32.8 Å². The first-order chi connectivity index (χ1) is 8.50. The highest BCUT2D eigenvalue weighted by Crippen LogP contribution is 2.18. The largest absolute Gasteiger partial charge is 0.479 e. The van der Waals surface area contributed by atoms with Gasteiger partial charge in [-0.2, -0.15) is 0 Å². The Labute approximate surface area is 104 Å². The molecule has 1 saturated heterocycles. The number of urea groups is 1. The minimum absolute atomic E-state index is 0.0881. The average molecular weight is 260 g/mol. The Morgan fingerprint density at radius 2 is 2.17 bits per heavy atom. The van der Waals surface area contributed by atoms with Gasteiger partial charge in [0.1, 0.15) is 6.54 Å². The van der Waals surface area contributed by atoms with Crippen molar-refractivity contribution in [1.29, 1.82) is 0 Å². The molecule has 1 rings (SSSR count). The van der Waals surface area contributed by atoms with E-state index in [2.05, 4.69) is 15.4 Å². The lowest BCUT2D eigenvalue weighted by Crippen LogP contribution is -2.58. The molecule has 2 amide bonds. The van der Waals surface area contributed by atoms with E-state index in [4.69, 9.17) is 9.84 Å². The molecule has 0 spiro atoms. The van der Waals surface area contributed by atoms with Crippen LogP contribution in [-0.4, -0.2) is 55.0 Å². The van der Waals surface area contributed by atoms with E-state index < -0.39 is 23.5 Å². The Balaban J connectivity index is 2.43. The van der Waals surface area contributed by atoms with Crippen molar-refractivity contribution in [3.63, 3.8) is 0 Å². The monoisotopic (exact) mass is 260 g/mol. The lowest BCUT2D eigenvalue weighted by molar-refractivity contribution is -0.144. The summed E-state index contributed by atoms with van der Waals surface area (Å²) < 4.78 is 9.58. The molecule has 0 bridgehead atoms. The summed E-state index contributed by atoms with van der Waals surface area (Å²) in [6, 6.07) is -0.740. The minimum Gasteiger partial charge on any atom is -0.479 e. The zero-order valence-corrected chi connectivity index (χ0v) is 10.0. The van der Waals surface area contributed by atoms with Crippen LogP contribution < -0.4 is 10.6 Å². The summed E-state index contributed by atoms with van der Waals surface area (Å²) in [6.45, 7) is 1.73. The van der Waals surface area contributed by atoms with Crippen LogP contribution in [0.25, 0.3) is 0 Å². The number of amides is 2. The van der Waals surface area contributed by atoms with Gasteiger partial charge in [-0.3, -0.25) is 4.79 Å². The van der Waals surface area contributed by atoms with Gasteiger partial charge in [-0.25, -0.2) is 9.59 Å². The second-order valence-electron chi connectivity index (χ2n) is 3.80. The molecule has 18 heavy (non-hydrogen) atoms. The van der Waals surface area contributed by atoms with Crippen LogP contribution in [0.1, 0.15) is 13.3 Å². The molecule has 0 aromatic rings. The lowest BCUT2D eigenvalue weighted by Gasteiger charge is -2.23. The van der Waals surface area contributed by atoms with Crippen LogP contribution >= 0.6 is 0 Å². The standard InChI is InChI=1S/C10H16N2O6/c1-2-18-7(13)5-11-9(16)12-10(8(14)15)3-4-17-6-10/h2-6H2,1H3,(H,14,15)(H2,11,12,16). The molecule has 0 radical (unpaired) electrons. The van der Waals surface area contributed by atoms with Crippen LogP contribution in [0.15, 0.2) is 0 Å². The van der Waals surface area contributed by atoms with Gasteiger partial charge in [-0.15, -0.1) is 0 Å². The molecule has 8 nitrogen and oxygen atoms in total. The van der Waals surface area contributed by atoms with Gasteiger partial charge in [0.15, 0.2) is 5.54 Å². The molecule has 1 atom stereocenters. The lowest BCUT2D eigenvalue weighted by atomic mass is 9.99. The molecule has 1 fully saturated rings. The van der Waals surface area contributed by atoms with E-state index in [1.54, 1.807) is 6.92 Å². The van der Waals surface area contributed by atoms with E-state index >= 15 is 0 Å². The van der Waals surface area contributed by atoms with Crippen molar-refractivity contribution in [2.24, 2.45) is 0 Å². The second kappa shape index (κ2) is 6.20. The average Bonchev–Trinajstić information content (AvgIpc) is 2.77. The number of hydrogen-bond acceptors (Lipinski definition) is 5. The maximum atomic E-state index is 11.5. The molecule has 8 heteroatoms.